The molecule has 4 unspecified atom stereocenters. The maximum Gasteiger partial charge on any atom is 0.327 e. The van der Waals surface area contributed by atoms with E-state index in [4.69, 9.17) is 11.5 Å². The third-order valence-electron chi connectivity index (χ3n) is 5.26. The number of carbonyl (C=O) groups excluding carboxylic acids is 4. The zero-order chi connectivity index (χ0) is 26.1. The van der Waals surface area contributed by atoms with Gasteiger partial charge in [0.25, 0.3) is 0 Å². The molecule has 9 N–H and O–H groups in total. The lowest BCUT2D eigenvalue weighted by molar-refractivity contribution is -0.141. The van der Waals surface area contributed by atoms with Gasteiger partial charge in [-0.1, -0.05) is 18.2 Å². The molecule has 0 aliphatic rings. The normalized spacial score (nSPS) is 14.4. The Morgan fingerprint density at radius 3 is 2.20 bits per heavy atom. The summed E-state index contributed by atoms with van der Waals surface area (Å²) in [7, 11) is 0. The van der Waals surface area contributed by atoms with Gasteiger partial charge in [-0.2, -0.15) is 12.6 Å². The lowest BCUT2D eigenvalue weighted by atomic mass is 10.0. The molecule has 4 amide bonds. The number of nitrogens with one attached hydrogen (secondary N) is 4. The number of hydrogen-bond donors (Lipinski definition) is 8. The van der Waals surface area contributed by atoms with Gasteiger partial charge in [0, 0.05) is 35.7 Å². The molecule has 0 saturated heterocycles. The van der Waals surface area contributed by atoms with Crippen LogP contribution >= 0.6 is 12.6 Å². The summed E-state index contributed by atoms with van der Waals surface area (Å²) >= 11 is 3.95. The number of aromatic nitrogens is 1. The van der Waals surface area contributed by atoms with Gasteiger partial charge in [0.2, 0.25) is 23.6 Å². The molecule has 0 saturated carbocycles. The van der Waals surface area contributed by atoms with Crippen molar-refractivity contribution in [3.8, 4) is 0 Å². The topological polar surface area (TPSA) is 209 Å². The summed E-state index contributed by atoms with van der Waals surface area (Å²) in [4.78, 5) is 63.9. The summed E-state index contributed by atoms with van der Waals surface area (Å²) in [5.74, 6) is -4.26. The lowest BCUT2D eigenvalue weighted by Gasteiger charge is -2.24. The lowest BCUT2D eigenvalue weighted by Crippen LogP contribution is -2.57. The number of aliphatic carboxylic acids is 1. The zero-order valence-corrected chi connectivity index (χ0v) is 20.0. The number of carbonyl (C=O) groups is 5. The van der Waals surface area contributed by atoms with Crippen LogP contribution in [-0.2, 0) is 30.4 Å². The molecule has 0 fully saturated rings. The van der Waals surface area contributed by atoms with E-state index in [0.29, 0.717) is 5.56 Å². The van der Waals surface area contributed by atoms with Crippen LogP contribution in [0.15, 0.2) is 30.5 Å². The highest BCUT2D eigenvalue weighted by atomic mass is 32.1. The number of amides is 4. The number of primary amides is 1. The molecule has 2 rings (SSSR count). The van der Waals surface area contributed by atoms with E-state index in [0.717, 1.165) is 10.9 Å². The monoisotopic (exact) mass is 506 g/mol. The molecule has 2 aromatic rings. The van der Waals surface area contributed by atoms with Crippen LogP contribution in [0.1, 0.15) is 25.3 Å². The number of aromatic amines is 1. The Bertz CT molecular complexity index is 1090. The van der Waals surface area contributed by atoms with Crippen molar-refractivity contribution in [3.05, 3.63) is 36.0 Å². The van der Waals surface area contributed by atoms with Crippen LogP contribution in [-0.4, -0.2) is 69.6 Å². The van der Waals surface area contributed by atoms with E-state index in [1.807, 2.05) is 24.3 Å². The predicted octanol–water partition coefficient (Wildman–Crippen LogP) is -1.21. The van der Waals surface area contributed by atoms with Crippen LogP contribution in [0.3, 0.4) is 0 Å². The van der Waals surface area contributed by atoms with E-state index in [2.05, 4.69) is 33.6 Å². The number of carboxylic acid groups (broad SMARTS) is 1. The fourth-order valence-electron chi connectivity index (χ4n) is 3.32. The van der Waals surface area contributed by atoms with Gasteiger partial charge in [0.05, 0.1) is 6.04 Å². The quantitative estimate of drug-likeness (QED) is 0.155. The number of nitrogens with two attached hydrogens (primary N) is 2. The number of H-pyrrole nitrogens is 1. The number of fused-ring (bicyclic) bond motifs is 1. The Balaban J connectivity index is 2.31. The largest absolute Gasteiger partial charge is 0.480 e. The molecule has 1 heterocycles. The molecule has 0 aliphatic heterocycles. The second-order valence-electron chi connectivity index (χ2n) is 8.06. The average molecular weight is 507 g/mol. The highest BCUT2D eigenvalue weighted by Crippen LogP contribution is 2.19. The van der Waals surface area contributed by atoms with Crippen LogP contribution in [0.4, 0.5) is 0 Å². The van der Waals surface area contributed by atoms with Crippen LogP contribution in [0.25, 0.3) is 10.9 Å². The minimum atomic E-state index is -1.28. The van der Waals surface area contributed by atoms with Crippen molar-refractivity contribution in [1.29, 1.82) is 0 Å². The summed E-state index contributed by atoms with van der Waals surface area (Å²) in [5.41, 5.74) is 12.3. The van der Waals surface area contributed by atoms with Gasteiger partial charge in [0.15, 0.2) is 0 Å². The number of carboxylic acids is 1. The number of para-hydroxylation sites is 1. The molecule has 4 atom stereocenters. The van der Waals surface area contributed by atoms with Crippen molar-refractivity contribution in [2.75, 3.05) is 5.75 Å². The first-order valence-corrected chi connectivity index (χ1v) is 11.5. The first kappa shape index (κ1) is 27.7. The molecule has 0 bridgehead atoms. The molecule has 0 aliphatic carbocycles. The van der Waals surface area contributed by atoms with E-state index in [9.17, 15) is 29.1 Å². The van der Waals surface area contributed by atoms with E-state index < -0.39 is 53.8 Å². The summed E-state index contributed by atoms with van der Waals surface area (Å²) in [5, 5.41) is 17.5. The minimum absolute atomic E-state index is 0.0181. The van der Waals surface area contributed by atoms with Crippen molar-refractivity contribution in [3.63, 3.8) is 0 Å². The Kier molecular flexibility index (Phi) is 10.1. The standard InChI is InChI=1S/C22H30N6O6S/c1-11(23)19(30)26-15(6-7-18(24)29)20(31)27-16(21(32)28-17(10-35)22(33)34)8-12-9-25-14-5-3-2-4-13(12)14/h2-5,9,11,15-17,25,35H,6-8,10,23H2,1H3,(H2,24,29)(H,26,30)(H,27,31)(H,28,32)(H,33,34). The molecule has 35 heavy (non-hydrogen) atoms. The SMILES string of the molecule is CC(N)C(=O)NC(CCC(N)=O)C(=O)NC(Cc1c[nH]c2ccccc12)C(=O)NC(CS)C(=O)O. The van der Waals surface area contributed by atoms with Crippen molar-refractivity contribution in [2.24, 2.45) is 11.5 Å². The van der Waals surface area contributed by atoms with E-state index in [1.54, 1.807) is 6.20 Å². The molecule has 0 spiro atoms. The molecule has 12 nitrogen and oxygen atoms in total. The second kappa shape index (κ2) is 12.8. The number of thiol groups is 1. The first-order valence-electron chi connectivity index (χ1n) is 10.9. The van der Waals surface area contributed by atoms with Gasteiger partial charge in [-0.25, -0.2) is 4.79 Å². The second-order valence-corrected chi connectivity index (χ2v) is 8.43. The molecular weight excluding hydrogens is 476 g/mol. The summed E-state index contributed by atoms with van der Waals surface area (Å²) in [6, 6.07) is 2.74. The molecule has 1 aromatic carbocycles. The van der Waals surface area contributed by atoms with Crippen LogP contribution in [0.5, 0.6) is 0 Å². The third kappa shape index (κ3) is 8.00. The number of benzene rings is 1. The van der Waals surface area contributed by atoms with Crippen molar-refractivity contribution in [2.45, 2.75) is 50.4 Å². The predicted molar refractivity (Wildman–Crippen MR) is 131 cm³/mol. The van der Waals surface area contributed by atoms with Crippen LogP contribution < -0.4 is 27.4 Å². The summed E-state index contributed by atoms with van der Waals surface area (Å²) in [6.07, 6.45) is 1.39. The molecular formula is C22H30N6O6S. The molecule has 0 radical (unpaired) electrons. The molecule has 13 heteroatoms. The smallest absolute Gasteiger partial charge is 0.327 e. The van der Waals surface area contributed by atoms with E-state index in [-0.39, 0.29) is 25.0 Å². The van der Waals surface area contributed by atoms with Gasteiger partial charge in [-0.3, -0.25) is 19.2 Å². The Hall–Kier alpha value is -3.58. The highest BCUT2D eigenvalue weighted by Gasteiger charge is 2.30. The Morgan fingerprint density at radius 2 is 1.60 bits per heavy atom. The van der Waals surface area contributed by atoms with Crippen molar-refractivity contribution in [1.82, 2.24) is 20.9 Å². The molecule has 190 valence electrons. The summed E-state index contributed by atoms with van der Waals surface area (Å²) < 4.78 is 0. The van der Waals surface area contributed by atoms with Gasteiger partial charge in [-0.15, -0.1) is 0 Å². The number of hydrogen-bond acceptors (Lipinski definition) is 7. The zero-order valence-electron chi connectivity index (χ0n) is 19.1. The fraction of sp³-hybridized carbons (Fsp3) is 0.409. The average Bonchev–Trinajstić information content (AvgIpc) is 3.21. The summed E-state index contributed by atoms with van der Waals surface area (Å²) in [6.45, 7) is 1.43. The van der Waals surface area contributed by atoms with Crippen LogP contribution in [0, 0.1) is 0 Å². The fourth-order valence-corrected chi connectivity index (χ4v) is 3.57. The molecule has 1 aromatic heterocycles. The maximum atomic E-state index is 13.1. The van der Waals surface area contributed by atoms with Gasteiger partial charge in [0.1, 0.15) is 18.1 Å². The van der Waals surface area contributed by atoms with Gasteiger partial charge >= 0.3 is 5.97 Å². The van der Waals surface area contributed by atoms with Gasteiger partial charge < -0.3 is 37.5 Å². The van der Waals surface area contributed by atoms with Crippen LogP contribution in [0.2, 0.25) is 0 Å². The minimum Gasteiger partial charge on any atom is -0.480 e. The Labute approximate surface area is 207 Å². The number of rotatable bonds is 13. The first-order chi connectivity index (χ1) is 16.5. The Morgan fingerprint density at radius 1 is 1.00 bits per heavy atom. The maximum absolute atomic E-state index is 13.1. The van der Waals surface area contributed by atoms with Crippen molar-refractivity contribution < 1.29 is 29.1 Å². The van der Waals surface area contributed by atoms with E-state index >= 15 is 0 Å². The van der Waals surface area contributed by atoms with Gasteiger partial charge in [-0.05, 0) is 25.0 Å². The van der Waals surface area contributed by atoms with Crippen molar-refractivity contribution >= 4 is 53.1 Å². The third-order valence-corrected chi connectivity index (χ3v) is 5.62. The highest BCUT2D eigenvalue weighted by molar-refractivity contribution is 7.80. The van der Waals surface area contributed by atoms with E-state index in [1.165, 1.54) is 6.92 Å².